The highest BCUT2D eigenvalue weighted by Gasteiger charge is 2.40. The van der Waals surface area contributed by atoms with Crippen molar-refractivity contribution in [1.82, 2.24) is 10.2 Å². The fraction of sp³-hybridized carbons (Fsp3) is 0.667. The van der Waals surface area contributed by atoms with Gasteiger partial charge in [0.25, 0.3) is 0 Å². The number of rotatable bonds is 6. The summed E-state index contributed by atoms with van der Waals surface area (Å²) in [5.74, 6) is 1.71. The first-order chi connectivity index (χ1) is 8.61. The summed E-state index contributed by atoms with van der Waals surface area (Å²) in [5.41, 5.74) is 0. The van der Waals surface area contributed by atoms with E-state index < -0.39 is 12.0 Å². The molecule has 0 radical (unpaired) electrons. The van der Waals surface area contributed by atoms with Gasteiger partial charge in [0.15, 0.2) is 0 Å². The lowest BCUT2D eigenvalue weighted by Gasteiger charge is -2.27. The van der Waals surface area contributed by atoms with Crippen molar-refractivity contribution in [2.75, 3.05) is 18.8 Å². The Morgan fingerprint density at radius 2 is 2.33 bits per heavy atom. The maximum atomic E-state index is 12.0. The number of carboxylic acids is 1. The zero-order valence-electron chi connectivity index (χ0n) is 10.4. The van der Waals surface area contributed by atoms with E-state index in [4.69, 9.17) is 11.5 Å². The molecule has 0 saturated carbocycles. The molecule has 6 heteroatoms. The van der Waals surface area contributed by atoms with Gasteiger partial charge >= 0.3 is 5.97 Å². The molecule has 1 fully saturated rings. The summed E-state index contributed by atoms with van der Waals surface area (Å²) in [6.07, 6.45) is 6.82. The summed E-state index contributed by atoms with van der Waals surface area (Å²) in [6.45, 7) is 2.42. The van der Waals surface area contributed by atoms with Gasteiger partial charge in [0, 0.05) is 5.75 Å². The van der Waals surface area contributed by atoms with Gasteiger partial charge in [-0.05, 0) is 6.42 Å². The molecule has 0 aliphatic carbocycles. The van der Waals surface area contributed by atoms with Gasteiger partial charge < -0.3 is 10.0 Å². The summed E-state index contributed by atoms with van der Waals surface area (Å²) in [4.78, 5) is 24.7. The van der Waals surface area contributed by atoms with Crippen molar-refractivity contribution in [3.8, 4) is 12.3 Å². The van der Waals surface area contributed by atoms with Crippen molar-refractivity contribution < 1.29 is 14.7 Å². The molecular weight excluding hydrogens is 252 g/mol. The number of carbonyl (C=O) groups is 2. The molecule has 1 saturated heterocycles. The molecule has 1 rings (SSSR count). The zero-order chi connectivity index (χ0) is 13.5. The van der Waals surface area contributed by atoms with E-state index in [-0.39, 0.29) is 17.8 Å². The van der Waals surface area contributed by atoms with Crippen LogP contribution in [0, 0.1) is 12.3 Å². The Hall–Kier alpha value is -1.19. The number of carboxylic acid groups (broad SMARTS) is 1. The topological polar surface area (TPSA) is 69.6 Å². The Labute approximate surface area is 111 Å². The maximum Gasteiger partial charge on any atom is 0.327 e. The minimum absolute atomic E-state index is 0.0313. The average Bonchev–Trinajstić information content (AvgIpc) is 2.73. The molecule has 18 heavy (non-hydrogen) atoms. The summed E-state index contributed by atoms with van der Waals surface area (Å²) >= 11 is 1.54. The Morgan fingerprint density at radius 1 is 1.61 bits per heavy atom. The van der Waals surface area contributed by atoms with Crippen LogP contribution in [-0.4, -0.2) is 52.1 Å². The molecule has 1 amide bonds. The lowest BCUT2D eigenvalue weighted by molar-refractivity contribution is -0.148. The molecule has 0 aromatic heterocycles. The molecular formula is C12H18N2O3S. The molecule has 100 valence electrons. The van der Waals surface area contributed by atoms with E-state index in [0.29, 0.717) is 12.3 Å². The molecule has 1 aliphatic heterocycles. The fourth-order valence-electron chi connectivity index (χ4n) is 1.89. The molecule has 0 aromatic carbocycles. The molecule has 0 bridgehead atoms. The molecule has 2 N–H and O–H groups in total. The van der Waals surface area contributed by atoms with E-state index in [0.717, 1.165) is 12.8 Å². The summed E-state index contributed by atoms with van der Waals surface area (Å²) in [7, 11) is 0. The Balaban J connectivity index is 2.67. The Kier molecular flexibility index (Phi) is 6.02. The van der Waals surface area contributed by atoms with Crippen LogP contribution in [0.1, 0.15) is 19.8 Å². The van der Waals surface area contributed by atoms with Crippen molar-refractivity contribution in [3.05, 3.63) is 0 Å². The minimum Gasteiger partial charge on any atom is -0.480 e. The van der Waals surface area contributed by atoms with Crippen molar-refractivity contribution in [2.45, 2.75) is 31.2 Å². The number of nitrogens with zero attached hydrogens (tertiary/aromatic N) is 1. The van der Waals surface area contributed by atoms with E-state index in [2.05, 4.69) is 11.2 Å². The molecule has 2 atom stereocenters. The van der Waals surface area contributed by atoms with E-state index in [1.54, 1.807) is 0 Å². The monoisotopic (exact) mass is 270 g/mol. The third kappa shape index (κ3) is 3.65. The first kappa shape index (κ1) is 14.9. The second-order valence-electron chi connectivity index (χ2n) is 4.04. The maximum absolute atomic E-state index is 12.0. The molecule has 0 spiro atoms. The van der Waals surface area contributed by atoms with Gasteiger partial charge in [-0.3, -0.25) is 10.1 Å². The van der Waals surface area contributed by atoms with E-state index in [1.165, 1.54) is 16.7 Å². The van der Waals surface area contributed by atoms with E-state index in [9.17, 15) is 9.59 Å². The van der Waals surface area contributed by atoms with Gasteiger partial charge in [0.2, 0.25) is 5.91 Å². The number of nitrogens with one attached hydrogen (secondary N) is 1. The predicted molar refractivity (Wildman–Crippen MR) is 71.1 cm³/mol. The van der Waals surface area contributed by atoms with Gasteiger partial charge in [-0.15, -0.1) is 18.2 Å². The van der Waals surface area contributed by atoms with E-state index >= 15 is 0 Å². The highest BCUT2D eigenvalue weighted by atomic mass is 32.2. The normalized spacial score (nSPS) is 22.8. The summed E-state index contributed by atoms with van der Waals surface area (Å²) in [6, 6.07) is -0.716. The molecule has 0 aromatic rings. The summed E-state index contributed by atoms with van der Waals surface area (Å²) in [5, 5.41) is 11.9. The minimum atomic E-state index is -0.939. The number of aliphatic carboxylic acids is 1. The van der Waals surface area contributed by atoms with Crippen LogP contribution in [-0.2, 0) is 9.59 Å². The van der Waals surface area contributed by atoms with Crippen LogP contribution in [0.15, 0.2) is 0 Å². The standard InChI is InChI=1S/C12H18N2O3S/c1-3-5-11-14(9(8-18-11)12(16)17)10(15)7-13-6-4-2/h2,9,11,13H,3,5-8H2,1H3,(H,16,17). The van der Waals surface area contributed by atoms with Crippen molar-refractivity contribution in [3.63, 3.8) is 0 Å². The van der Waals surface area contributed by atoms with Crippen LogP contribution in [0.4, 0.5) is 0 Å². The number of carbonyl (C=O) groups excluding carboxylic acids is 1. The van der Waals surface area contributed by atoms with Crippen LogP contribution in [0.5, 0.6) is 0 Å². The highest BCUT2D eigenvalue weighted by molar-refractivity contribution is 8.00. The van der Waals surface area contributed by atoms with Crippen molar-refractivity contribution in [2.24, 2.45) is 0 Å². The number of hydrogen-bond acceptors (Lipinski definition) is 4. The third-order valence-electron chi connectivity index (χ3n) is 2.70. The van der Waals surface area contributed by atoms with Gasteiger partial charge in [-0.1, -0.05) is 19.3 Å². The van der Waals surface area contributed by atoms with Crippen LogP contribution >= 0.6 is 11.8 Å². The van der Waals surface area contributed by atoms with Crippen molar-refractivity contribution >= 4 is 23.6 Å². The number of amides is 1. The smallest absolute Gasteiger partial charge is 0.327 e. The summed E-state index contributed by atoms with van der Waals surface area (Å²) < 4.78 is 0. The van der Waals surface area contributed by atoms with E-state index in [1.807, 2.05) is 6.92 Å². The number of hydrogen-bond donors (Lipinski definition) is 2. The average molecular weight is 270 g/mol. The van der Waals surface area contributed by atoms with Gasteiger partial charge in [-0.25, -0.2) is 4.79 Å². The third-order valence-corrected chi connectivity index (χ3v) is 4.06. The lowest BCUT2D eigenvalue weighted by atomic mass is 10.2. The van der Waals surface area contributed by atoms with Gasteiger partial charge in [0.05, 0.1) is 18.5 Å². The largest absolute Gasteiger partial charge is 0.480 e. The number of thioether (sulfide) groups is 1. The highest BCUT2D eigenvalue weighted by Crippen LogP contribution is 2.32. The SMILES string of the molecule is C#CCNCC(=O)N1C(CCC)SCC1C(=O)O. The Bertz CT molecular complexity index is 354. The quantitative estimate of drug-likeness (QED) is 0.539. The first-order valence-corrected chi connectivity index (χ1v) is 6.96. The molecule has 1 heterocycles. The first-order valence-electron chi connectivity index (χ1n) is 5.91. The van der Waals surface area contributed by atoms with Gasteiger partial charge in [0.1, 0.15) is 6.04 Å². The van der Waals surface area contributed by atoms with Crippen molar-refractivity contribution in [1.29, 1.82) is 0 Å². The predicted octanol–water partition coefficient (Wildman–Crippen LogP) is 0.364. The Morgan fingerprint density at radius 3 is 2.89 bits per heavy atom. The second kappa shape index (κ2) is 7.29. The van der Waals surface area contributed by atoms with Crippen LogP contribution in [0.25, 0.3) is 0 Å². The van der Waals surface area contributed by atoms with Gasteiger partial charge in [-0.2, -0.15) is 0 Å². The fourth-order valence-corrected chi connectivity index (χ4v) is 3.43. The number of terminal acetylenes is 1. The van der Waals surface area contributed by atoms with Crippen LogP contribution in [0.2, 0.25) is 0 Å². The second-order valence-corrected chi connectivity index (χ2v) is 5.25. The van der Waals surface area contributed by atoms with Crippen LogP contribution in [0.3, 0.4) is 0 Å². The lowest BCUT2D eigenvalue weighted by Crippen LogP contribution is -2.48. The van der Waals surface area contributed by atoms with Crippen LogP contribution < -0.4 is 5.32 Å². The molecule has 5 nitrogen and oxygen atoms in total. The zero-order valence-corrected chi connectivity index (χ0v) is 11.2. The molecule has 1 aliphatic rings. The molecule has 2 unspecified atom stereocenters.